The Hall–Kier alpha value is -2.32. The number of hydrogen-bond acceptors (Lipinski definition) is 5. The molecule has 2 heterocycles. The molecule has 25 heavy (non-hydrogen) atoms. The summed E-state index contributed by atoms with van der Waals surface area (Å²) < 4.78 is 2.89. The van der Waals surface area contributed by atoms with Gasteiger partial charge < -0.3 is 5.32 Å². The summed E-state index contributed by atoms with van der Waals surface area (Å²) in [6, 6.07) is 11.9. The molecular weight excluding hydrogens is 402 g/mol. The fourth-order valence-electron chi connectivity index (χ4n) is 2.44. The molecule has 6 nitrogen and oxygen atoms in total. The van der Waals surface area contributed by atoms with Crippen molar-refractivity contribution >= 4 is 44.9 Å². The van der Waals surface area contributed by atoms with Crippen molar-refractivity contribution in [2.24, 2.45) is 0 Å². The smallest absolute Gasteiger partial charge is 0.248 e. The van der Waals surface area contributed by atoms with E-state index in [2.05, 4.69) is 36.8 Å². The van der Waals surface area contributed by atoms with E-state index in [1.165, 1.54) is 6.08 Å². The molecule has 2 aromatic heterocycles. The van der Waals surface area contributed by atoms with Crippen LogP contribution in [0.3, 0.4) is 0 Å². The maximum atomic E-state index is 12.1. The second-order valence-electron chi connectivity index (χ2n) is 5.72. The molecule has 0 bridgehead atoms. The Morgan fingerprint density at radius 3 is 2.96 bits per heavy atom. The highest BCUT2D eigenvalue weighted by Crippen LogP contribution is 2.36. The second-order valence-corrected chi connectivity index (χ2v) is 8.22. The van der Waals surface area contributed by atoms with Crippen LogP contribution < -0.4 is 5.32 Å². The molecule has 0 radical (unpaired) electrons. The Morgan fingerprint density at radius 2 is 2.20 bits per heavy atom. The van der Waals surface area contributed by atoms with Gasteiger partial charge in [0, 0.05) is 22.2 Å². The number of thiophene rings is 1. The number of halogens is 1. The molecule has 3 aromatic rings. The van der Waals surface area contributed by atoms with E-state index in [-0.39, 0.29) is 5.91 Å². The number of benzene rings is 1. The van der Waals surface area contributed by atoms with Gasteiger partial charge in [0.15, 0.2) is 5.82 Å². The van der Waals surface area contributed by atoms with Crippen molar-refractivity contribution < 1.29 is 4.79 Å². The van der Waals surface area contributed by atoms with Crippen molar-refractivity contribution in [3.05, 3.63) is 51.1 Å². The highest BCUT2D eigenvalue weighted by atomic mass is 79.9. The Labute approximate surface area is 156 Å². The maximum absolute atomic E-state index is 12.1. The van der Waals surface area contributed by atoms with Crippen molar-refractivity contribution in [1.82, 2.24) is 20.2 Å². The zero-order valence-electron chi connectivity index (χ0n) is 13.1. The fraction of sp³-hybridized carbons (Fsp3) is 0.176. The fourth-order valence-corrected chi connectivity index (χ4v) is 3.77. The lowest BCUT2D eigenvalue weighted by Gasteiger charge is -2.06. The van der Waals surface area contributed by atoms with Gasteiger partial charge in [0.25, 0.3) is 0 Å². The minimum Gasteiger partial charge on any atom is -0.322 e. The molecule has 8 heteroatoms. The van der Waals surface area contributed by atoms with E-state index in [0.717, 1.165) is 32.9 Å². The number of amides is 1. The normalized spacial score (nSPS) is 14.1. The highest BCUT2D eigenvalue weighted by molar-refractivity contribution is 9.11. The molecule has 1 N–H and O–H groups in total. The van der Waals surface area contributed by atoms with Crippen LogP contribution in [0.2, 0.25) is 0 Å². The van der Waals surface area contributed by atoms with Crippen molar-refractivity contribution in [2.45, 2.75) is 18.9 Å². The number of anilines is 1. The molecule has 0 spiro atoms. The lowest BCUT2D eigenvalue weighted by atomic mass is 10.2. The van der Waals surface area contributed by atoms with Crippen LogP contribution >= 0.6 is 27.3 Å². The van der Waals surface area contributed by atoms with E-state index in [1.807, 2.05) is 41.1 Å². The summed E-state index contributed by atoms with van der Waals surface area (Å²) in [5, 5.41) is 14.8. The lowest BCUT2D eigenvalue weighted by molar-refractivity contribution is -0.111. The van der Waals surface area contributed by atoms with Gasteiger partial charge in [0.1, 0.15) is 0 Å². The van der Waals surface area contributed by atoms with Crippen LogP contribution in [-0.4, -0.2) is 26.1 Å². The van der Waals surface area contributed by atoms with Gasteiger partial charge in [-0.05, 0) is 69.5 Å². The summed E-state index contributed by atoms with van der Waals surface area (Å²) in [5.41, 5.74) is 1.60. The lowest BCUT2D eigenvalue weighted by Crippen LogP contribution is -2.08. The van der Waals surface area contributed by atoms with Crippen molar-refractivity contribution in [3.63, 3.8) is 0 Å². The van der Waals surface area contributed by atoms with Gasteiger partial charge >= 0.3 is 0 Å². The third-order valence-electron chi connectivity index (χ3n) is 3.77. The van der Waals surface area contributed by atoms with E-state index < -0.39 is 0 Å². The molecule has 0 atom stereocenters. The minimum absolute atomic E-state index is 0.177. The van der Waals surface area contributed by atoms with Crippen LogP contribution in [0.15, 0.2) is 46.3 Å². The Morgan fingerprint density at radius 1 is 1.32 bits per heavy atom. The first-order valence-corrected chi connectivity index (χ1v) is 9.43. The van der Waals surface area contributed by atoms with Gasteiger partial charge in [0.05, 0.1) is 9.83 Å². The topological polar surface area (TPSA) is 72.7 Å². The summed E-state index contributed by atoms with van der Waals surface area (Å²) in [4.78, 5) is 13.1. The number of carbonyl (C=O) groups excluding carboxylic acids is 1. The third kappa shape index (κ3) is 3.85. The van der Waals surface area contributed by atoms with Crippen LogP contribution in [0, 0.1) is 0 Å². The zero-order valence-corrected chi connectivity index (χ0v) is 15.5. The summed E-state index contributed by atoms with van der Waals surface area (Å²) in [5.74, 6) is 0.557. The first-order valence-electron chi connectivity index (χ1n) is 7.82. The summed E-state index contributed by atoms with van der Waals surface area (Å²) in [7, 11) is 0. The van der Waals surface area contributed by atoms with Crippen LogP contribution in [0.5, 0.6) is 0 Å². The molecule has 1 aliphatic carbocycles. The van der Waals surface area contributed by atoms with E-state index in [9.17, 15) is 4.79 Å². The summed E-state index contributed by atoms with van der Waals surface area (Å²) >= 11 is 4.98. The van der Waals surface area contributed by atoms with Crippen molar-refractivity contribution in [3.8, 4) is 11.4 Å². The van der Waals surface area contributed by atoms with E-state index in [1.54, 1.807) is 17.4 Å². The molecule has 1 aliphatic rings. The van der Waals surface area contributed by atoms with Crippen LogP contribution in [0.25, 0.3) is 17.5 Å². The van der Waals surface area contributed by atoms with Gasteiger partial charge in [-0.1, -0.05) is 12.1 Å². The molecule has 1 fully saturated rings. The first kappa shape index (κ1) is 16.2. The summed E-state index contributed by atoms with van der Waals surface area (Å²) in [6.07, 6.45) is 5.54. The number of carbonyl (C=O) groups is 1. The highest BCUT2D eigenvalue weighted by Gasteiger charge is 2.28. The van der Waals surface area contributed by atoms with Crippen LogP contribution in [0.1, 0.15) is 23.8 Å². The maximum Gasteiger partial charge on any atom is 0.248 e. The molecule has 4 rings (SSSR count). The Bertz CT molecular complexity index is 944. The van der Waals surface area contributed by atoms with E-state index in [4.69, 9.17) is 0 Å². The molecule has 126 valence electrons. The summed E-state index contributed by atoms with van der Waals surface area (Å²) in [6.45, 7) is 0. The van der Waals surface area contributed by atoms with Gasteiger partial charge in [-0.2, -0.15) is 0 Å². The predicted octanol–water partition coefficient (Wildman–Crippen LogP) is 4.15. The monoisotopic (exact) mass is 415 g/mol. The van der Waals surface area contributed by atoms with Crippen LogP contribution in [0.4, 0.5) is 5.69 Å². The minimum atomic E-state index is -0.177. The van der Waals surface area contributed by atoms with Crippen molar-refractivity contribution in [2.75, 3.05) is 5.32 Å². The van der Waals surface area contributed by atoms with Gasteiger partial charge in [-0.15, -0.1) is 16.4 Å². The molecular formula is C17H14BrN5OS. The molecule has 1 saturated carbocycles. The number of nitrogens with one attached hydrogen (secondary N) is 1. The van der Waals surface area contributed by atoms with Gasteiger partial charge in [-0.25, -0.2) is 4.68 Å². The molecule has 0 saturated heterocycles. The predicted molar refractivity (Wildman–Crippen MR) is 101 cm³/mol. The number of tetrazole rings is 1. The van der Waals surface area contributed by atoms with E-state index >= 15 is 0 Å². The number of hydrogen-bond donors (Lipinski definition) is 1. The number of aromatic nitrogens is 4. The zero-order chi connectivity index (χ0) is 17.2. The third-order valence-corrected chi connectivity index (χ3v) is 5.36. The largest absolute Gasteiger partial charge is 0.322 e. The molecule has 1 aromatic carbocycles. The first-order chi connectivity index (χ1) is 12.2. The average Bonchev–Trinajstić information content (AvgIpc) is 3.17. The molecule has 0 unspecified atom stereocenters. The van der Waals surface area contributed by atoms with Gasteiger partial charge in [0.2, 0.25) is 5.91 Å². The number of nitrogens with zero attached hydrogens (tertiary/aromatic N) is 4. The Balaban J connectivity index is 1.48. The van der Waals surface area contributed by atoms with E-state index in [0.29, 0.717) is 11.7 Å². The quantitative estimate of drug-likeness (QED) is 0.635. The molecule has 0 aliphatic heterocycles. The average molecular weight is 416 g/mol. The standard InChI is InChI=1S/C17H14BrN5OS/c18-15-8-6-14(25-15)7-9-16(24)19-12-3-1-2-11(10-12)17-20-21-22-23(17)13-4-5-13/h1-3,6-10,13H,4-5H2,(H,19,24). The van der Waals surface area contributed by atoms with Gasteiger partial charge in [-0.3, -0.25) is 4.79 Å². The van der Waals surface area contributed by atoms with Crippen molar-refractivity contribution in [1.29, 1.82) is 0 Å². The SMILES string of the molecule is O=C(C=Cc1ccc(Br)s1)Nc1cccc(-c2nnnn2C2CC2)c1. The Kier molecular flexibility index (Phi) is 4.46. The van der Waals surface area contributed by atoms with Crippen LogP contribution in [-0.2, 0) is 4.79 Å². The molecule has 1 amide bonds. The number of rotatable bonds is 5. The second kappa shape index (κ2) is 6.89.